The molecule has 1 saturated carbocycles. The van der Waals surface area contributed by atoms with Gasteiger partial charge in [0, 0.05) is 19.1 Å². The molecule has 3 aliphatic rings. The Balaban J connectivity index is 0.00000108. The molecule has 0 aromatic heterocycles. The van der Waals surface area contributed by atoms with Crippen LogP contribution in [0.4, 0.5) is 0 Å². The van der Waals surface area contributed by atoms with Gasteiger partial charge in [-0.1, -0.05) is 30.3 Å². The molecule has 3 heteroatoms. The SMILES string of the molecule is Cl.OC1CC2CCC1CN2Cc1ccccc1. The molecule has 3 unspecified atom stereocenters. The van der Waals surface area contributed by atoms with Crippen LogP contribution in [0.5, 0.6) is 0 Å². The third kappa shape index (κ3) is 2.65. The van der Waals surface area contributed by atoms with Gasteiger partial charge in [0.1, 0.15) is 0 Å². The van der Waals surface area contributed by atoms with E-state index in [1.54, 1.807) is 0 Å². The van der Waals surface area contributed by atoms with E-state index < -0.39 is 0 Å². The molecule has 1 aliphatic carbocycles. The standard InChI is InChI=1S/C14H19NO.ClH/c16-14-8-13-7-6-12(14)10-15(13)9-11-4-2-1-3-5-11;/h1-5,12-14,16H,6-10H2;1H. The van der Waals surface area contributed by atoms with E-state index in [2.05, 4.69) is 35.2 Å². The fraction of sp³-hybridized carbons (Fsp3) is 0.571. The first-order valence-corrected chi connectivity index (χ1v) is 6.29. The van der Waals surface area contributed by atoms with Crippen LogP contribution in [0.25, 0.3) is 0 Å². The second kappa shape index (κ2) is 5.38. The van der Waals surface area contributed by atoms with Crippen LogP contribution in [-0.4, -0.2) is 28.7 Å². The summed E-state index contributed by atoms with van der Waals surface area (Å²) in [5.41, 5.74) is 1.39. The summed E-state index contributed by atoms with van der Waals surface area (Å²) >= 11 is 0. The van der Waals surface area contributed by atoms with Gasteiger partial charge in [-0.05, 0) is 30.7 Å². The fourth-order valence-corrected chi connectivity index (χ4v) is 3.19. The summed E-state index contributed by atoms with van der Waals surface area (Å²) in [6.45, 7) is 2.13. The average molecular weight is 254 g/mol. The lowest BCUT2D eigenvalue weighted by atomic mass is 9.77. The van der Waals surface area contributed by atoms with Gasteiger partial charge in [-0.3, -0.25) is 4.90 Å². The van der Waals surface area contributed by atoms with Crippen LogP contribution in [0.2, 0.25) is 0 Å². The van der Waals surface area contributed by atoms with Crippen molar-refractivity contribution in [2.75, 3.05) is 6.54 Å². The number of fused-ring (bicyclic) bond motifs is 3. The summed E-state index contributed by atoms with van der Waals surface area (Å²) in [6, 6.07) is 11.3. The Bertz CT molecular complexity index is 356. The first-order chi connectivity index (χ1) is 7.83. The summed E-state index contributed by atoms with van der Waals surface area (Å²) in [6.07, 6.45) is 3.44. The van der Waals surface area contributed by atoms with Gasteiger partial charge in [0.15, 0.2) is 0 Å². The molecule has 0 amide bonds. The number of hydrogen-bond donors (Lipinski definition) is 1. The minimum absolute atomic E-state index is 0. The van der Waals surface area contributed by atoms with Crippen molar-refractivity contribution in [3.05, 3.63) is 35.9 Å². The van der Waals surface area contributed by atoms with Crippen molar-refractivity contribution in [2.45, 2.75) is 38.0 Å². The van der Waals surface area contributed by atoms with Gasteiger partial charge in [0.2, 0.25) is 0 Å². The molecule has 3 fully saturated rings. The van der Waals surface area contributed by atoms with Crippen LogP contribution in [0.3, 0.4) is 0 Å². The monoisotopic (exact) mass is 253 g/mol. The lowest BCUT2D eigenvalue weighted by molar-refractivity contribution is -0.0527. The maximum Gasteiger partial charge on any atom is 0.0595 e. The van der Waals surface area contributed by atoms with E-state index >= 15 is 0 Å². The minimum atomic E-state index is -0.0363. The van der Waals surface area contributed by atoms with Gasteiger partial charge in [-0.25, -0.2) is 0 Å². The van der Waals surface area contributed by atoms with Gasteiger partial charge in [0.05, 0.1) is 6.10 Å². The highest BCUT2D eigenvalue weighted by atomic mass is 35.5. The van der Waals surface area contributed by atoms with Crippen LogP contribution in [0.1, 0.15) is 24.8 Å². The van der Waals surface area contributed by atoms with E-state index in [0.29, 0.717) is 12.0 Å². The molecule has 2 aliphatic heterocycles. The number of halogens is 1. The maximum atomic E-state index is 9.86. The maximum absolute atomic E-state index is 9.86. The molecule has 17 heavy (non-hydrogen) atoms. The van der Waals surface area contributed by atoms with Crippen LogP contribution >= 0.6 is 12.4 Å². The highest BCUT2D eigenvalue weighted by molar-refractivity contribution is 5.85. The molecule has 94 valence electrons. The molecule has 1 N–H and O–H groups in total. The number of piperidine rings is 2. The van der Waals surface area contributed by atoms with E-state index in [1.807, 2.05) is 0 Å². The molecule has 4 rings (SSSR count). The Morgan fingerprint density at radius 3 is 2.53 bits per heavy atom. The third-order valence-corrected chi connectivity index (χ3v) is 4.14. The Kier molecular flexibility index (Phi) is 4.08. The second-order valence-electron chi connectivity index (χ2n) is 5.21. The Morgan fingerprint density at radius 2 is 1.94 bits per heavy atom. The predicted octanol–water partition coefficient (Wildman–Crippen LogP) is 2.45. The number of benzene rings is 1. The van der Waals surface area contributed by atoms with Crippen LogP contribution in [0.15, 0.2) is 30.3 Å². The second-order valence-corrected chi connectivity index (χ2v) is 5.21. The summed E-state index contributed by atoms with van der Waals surface area (Å²) in [7, 11) is 0. The number of rotatable bonds is 2. The van der Waals surface area contributed by atoms with Crippen molar-refractivity contribution >= 4 is 12.4 Å². The van der Waals surface area contributed by atoms with Crippen LogP contribution in [-0.2, 0) is 6.54 Å². The third-order valence-electron chi connectivity index (χ3n) is 4.14. The zero-order chi connectivity index (χ0) is 11.0. The van der Waals surface area contributed by atoms with Gasteiger partial charge in [-0.2, -0.15) is 0 Å². The molecule has 2 bridgehead atoms. The van der Waals surface area contributed by atoms with E-state index in [4.69, 9.17) is 0 Å². The van der Waals surface area contributed by atoms with Crippen molar-refractivity contribution in [1.29, 1.82) is 0 Å². The van der Waals surface area contributed by atoms with E-state index in [1.165, 1.54) is 18.4 Å². The van der Waals surface area contributed by atoms with Crippen molar-refractivity contribution in [1.82, 2.24) is 4.90 Å². The molecule has 0 radical (unpaired) electrons. The molecule has 0 spiro atoms. The fourth-order valence-electron chi connectivity index (χ4n) is 3.19. The number of aliphatic hydroxyl groups is 1. The molecule has 3 atom stereocenters. The van der Waals surface area contributed by atoms with Crippen molar-refractivity contribution in [3.8, 4) is 0 Å². The van der Waals surface area contributed by atoms with Gasteiger partial charge in [-0.15, -0.1) is 12.4 Å². The molecular formula is C14H20ClNO. The lowest BCUT2D eigenvalue weighted by Crippen LogP contribution is -2.53. The quantitative estimate of drug-likeness (QED) is 0.875. The molecule has 2 nitrogen and oxygen atoms in total. The van der Waals surface area contributed by atoms with Gasteiger partial charge in [0.25, 0.3) is 0 Å². The van der Waals surface area contributed by atoms with Crippen LogP contribution < -0.4 is 0 Å². The molecule has 2 saturated heterocycles. The molecular weight excluding hydrogens is 234 g/mol. The Labute approximate surface area is 109 Å². The summed E-state index contributed by atoms with van der Waals surface area (Å²) < 4.78 is 0. The van der Waals surface area contributed by atoms with Crippen molar-refractivity contribution < 1.29 is 5.11 Å². The van der Waals surface area contributed by atoms with E-state index in [-0.39, 0.29) is 18.5 Å². The van der Waals surface area contributed by atoms with E-state index in [9.17, 15) is 5.11 Å². The van der Waals surface area contributed by atoms with Crippen molar-refractivity contribution in [2.24, 2.45) is 5.92 Å². The topological polar surface area (TPSA) is 23.5 Å². The average Bonchev–Trinajstić information content (AvgIpc) is 2.32. The number of nitrogens with zero attached hydrogens (tertiary/aromatic N) is 1. The number of hydrogen-bond acceptors (Lipinski definition) is 2. The molecule has 2 heterocycles. The number of aliphatic hydroxyl groups excluding tert-OH is 1. The predicted molar refractivity (Wildman–Crippen MR) is 71.2 cm³/mol. The van der Waals surface area contributed by atoms with Crippen LogP contribution in [0, 0.1) is 5.92 Å². The normalized spacial score (nSPS) is 32.2. The summed E-state index contributed by atoms with van der Waals surface area (Å²) in [5.74, 6) is 0.522. The smallest absolute Gasteiger partial charge is 0.0595 e. The largest absolute Gasteiger partial charge is 0.393 e. The summed E-state index contributed by atoms with van der Waals surface area (Å²) in [4.78, 5) is 2.55. The Hall–Kier alpha value is -0.570. The van der Waals surface area contributed by atoms with Gasteiger partial charge >= 0.3 is 0 Å². The summed E-state index contributed by atoms with van der Waals surface area (Å²) in [5, 5.41) is 9.86. The highest BCUT2D eigenvalue weighted by Gasteiger charge is 2.39. The zero-order valence-corrected chi connectivity index (χ0v) is 10.8. The van der Waals surface area contributed by atoms with Crippen molar-refractivity contribution in [3.63, 3.8) is 0 Å². The van der Waals surface area contributed by atoms with Gasteiger partial charge < -0.3 is 5.11 Å². The lowest BCUT2D eigenvalue weighted by Gasteiger charge is -2.48. The zero-order valence-electron chi connectivity index (χ0n) is 9.96. The first kappa shape index (κ1) is 12.9. The first-order valence-electron chi connectivity index (χ1n) is 6.29. The van der Waals surface area contributed by atoms with E-state index in [0.717, 1.165) is 19.5 Å². The molecule has 1 aromatic rings. The molecule has 1 aromatic carbocycles. The highest BCUT2D eigenvalue weighted by Crippen LogP contribution is 2.35. The minimum Gasteiger partial charge on any atom is -0.393 e. The Morgan fingerprint density at radius 1 is 1.18 bits per heavy atom.